The Balaban J connectivity index is 1.47. The Morgan fingerprint density at radius 2 is 1.71 bits per heavy atom. The number of hydrogen-bond donors (Lipinski definition) is 0. The number of piperidine rings is 1. The van der Waals surface area contributed by atoms with Crippen LogP contribution in [0.1, 0.15) is 65.7 Å². The molecule has 1 heterocycles. The molecule has 120 valence electrons. The van der Waals surface area contributed by atoms with Crippen molar-refractivity contribution in [3.8, 4) is 0 Å². The smallest absolute Gasteiger partial charge is 0.410 e. The first-order valence-corrected chi connectivity index (χ1v) is 8.49. The molecular weight excluding hydrogens is 266 g/mol. The summed E-state index contributed by atoms with van der Waals surface area (Å²) in [5.74, 6) is 0. The lowest BCUT2D eigenvalue weighted by atomic mass is 9.77. The Hall–Kier alpha value is -0.770. The van der Waals surface area contributed by atoms with Crippen molar-refractivity contribution in [2.75, 3.05) is 13.1 Å². The van der Waals surface area contributed by atoms with Crippen LogP contribution in [0.15, 0.2) is 0 Å². The van der Waals surface area contributed by atoms with Crippen LogP contribution in [-0.4, -0.2) is 41.9 Å². The molecule has 2 aliphatic carbocycles. The number of ether oxygens (including phenoxy) is 2. The molecule has 1 atom stereocenters. The monoisotopic (exact) mass is 295 g/mol. The molecule has 1 aliphatic heterocycles. The summed E-state index contributed by atoms with van der Waals surface area (Å²) in [4.78, 5) is 14.0. The van der Waals surface area contributed by atoms with Crippen molar-refractivity contribution in [3.05, 3.63) is 0 Å². The van der Waals surface area contributed by atoms with E-state index < -0.39 is 5.60 Å². The zero-order chi connectivity index (χ0) is 15.1. The van der Waals surface area contributed by atoms with Gasteiger partial charge < -0.3 is 14.4 Å². The summed E-state index contributed by atoms with van der Waals surface area (Å²) in [7, 11) is 0. The van der Waals surface area contributed by atoms with Crippen molar-refractivity contribution in [2.24, 2.45) is 5.41 Å². The summed E-state index contributed by atoms with van der Waals surface area (Å²) in [6.07, 6.45) is 9.30. The molecule has 0 unspecified atom stereocenters. The van der Waals surface area contributed by atoms with E-state index in [1.807, 2.05) is 25.7 Å². The molecule has 0 aromatic carbocycles. The molecule has 0 N–H and O–H groups in total. The summed E-state index contributed by atoms with van der Waals surface area (Å²) < 4.78 is 11.6. The zero-order valence-corrected chi connectivity index (χ0v) is 13.7. The number of carbonyl (C=O) groups excluding carboxylic acids is 1. The fourth-order valence-corrected chi connectivity index (χ4v) is 3.69. The molecule has 0 aromatic rings. The number of nitrogens with zero attached hydrogens (tertiary/aromatic N) is 1. The number of rotatable bonds is 2. The topological polar surface area (TPSA) is 38.8 Å². The molecule has 1 spiro atoms. The highest BCUT2D eigenvalue weighted by Crippen LogP contribution is 2.48. The van der Waals surface area contributed by atoms with Gasteiger partial charge in [-0.05, 0) is 71.1 Å². The van der Waals surface area contributed by atoms with Crippen LogP contribution < -0.4 is 0 Å². The first kappa shape index (κ1) is 15.1. The standard InChI is InChI=1S/C17H29NO3/c1-16(2,3)21-15(19)18-10-8-17(9-11-18)7-6-14(12-17)20-13-4-5-13/h13-14H,4-12H2,1-3H3/t14-/m0/s1. The fraction of sp³-hybridized carbons (Fsp3) is 0.941. The van der Waals surface area contributed by atoms with Crippen LogP contribution in [0.25, 0.3) is 0 Å². The summed E-state index contributed by atoms with van der Waals surface area (Å²) in [5, 5.41) is 0. The highest BCUT2D eigenvalue weighted by atomic mass is 16.6. The SMILES string of the molecule is CC(C)(C)OC(=O)N1CCC2(CC[C@H](OC3CC3)C2)CC1. The van der Waals surface area contributed by atoms with E-state index in [1.54, 1.807) is 0 Å². The van der Waals surface area contributed by atoms with Crippen LogP contribution in [-0.2, 0) is 9.47 Å². The molecular formula is C17H29NO3. The van der Waals surface area contributed by atoms with Crippen LogP contribution >= 0.6 is 0 Å². The lowest BCUT2D eigenvalue weighted by Crippen LogP contribution is -2.44. The average molecular weight is 295 g/mol. The van der Waals surface area contributed by atoms with Gasteiger partial charge in [0.2, 0.25) is 0 Å². The van der Waals surface area contributed by atoms with Gasteiger partial charge in [0, 0.05) is 13.1 Å². The zero-order valence-electron chi connectivity index (χ0n) is 13.7. The van der Waals surface area contributed by atoms with Gasteiger partial charge >= 0.3 is 6.09 Å². The average Bonchev–Trinajstić information content (AvgIpc) is 3.11. The summed E-state index contributed by atoms with van der Waals surface area (Å²) in [6.45, 7) is 7.45. The first-order chi connectivity index (χ1) is 9.85. The van der Waals surface area contributed by atoms with Crippen LogP contribution in [0, 0.1) is 5.41 Å². The van der Waals surface area contributed by atoms with Gasteiger partial charge in [-0.15, -0.1) is 0 Å². The maximum Gasteiger partial charge on any atom is 0.410 e. The van der Waals surface area contributed by atoms with Crippen LogP contribution in [0.2, 0.25) is 0 Å². The van der Waals surface area contributed by atoms with Gasteiger partial charge in [0.1, 0.15) is 5.60 Å². The van der Waals surface area contributed by atoms with Crippen molar-refractivity contribution in [2.45, 2.75) is 83.5 Å². The molecule has 0 aromatic heterocycles. The Bertz CT molecular complexity index is 389. The second-order valence-electron chi connectivity index (χ2n) is 8.17. The molecule has 0 radical (unpaired) electrons. The van der Waals surface area contributed by atoms with Crippen LogP contribution in [0.4, 0.5) is 4.79 Å². The van der Waals surface area contributed by atoms with Crippen LogP contribution in [0.3, 0.4) is 0 Å². The molecule has 4 heteroatoms. The van der Waals surface area contributed by atoms with Crippen molar-refractivity contribution in [1.29, 1.82) is 0 Å². The van der Waals surface area contributed by atoms with Gasteiger partial charge in [0.15, 0.2) is 0 Å². The quantitative estimate of drug-likeness (QED) is 0.779. The summed E-state index contributed by atoms with van der Waals surface area (Å²) in [6, 6.07) is 0. The van der Waals surface area contributed by atoms with Crippen molar-refractivity contribution in [1.82, 2.24) is 4.90 Å². The minimum absolute atomic E-state index is 0.152. The number of likely N-dealkylation sites (tertiary alicyclic amines) is 1. The normalized spacial score (nSPS) is 28.9. The number of hydrogen-bond acceptors (Lipinski definition) is 3. The van der Waals surface area contributed by atoms with E-state index in [4.69, 9.17) is 9.47 Å². The number of amides is 1. The number of carbonyl (C=O) groups is 1. The highest BCUT2D eigenvalue weighted by molar-refractivity contribution is 5.68. The Morgan fingerprint density at radius 3 is 2.29 bits per heavy atom. The molecule has 21 heavy (non-hydrogen) atoms. The lowest BCUT2D eigenvalue weighted by molar-refractivity contribution is 0.00393. The third-order valence-corrected chi connectivity index (χ3v) is 5.04. The van der Waals surface area contributed by atoms with Gasteiger partial charge in [0.05, 0.1) is 12.2 Å². The van der Waals surface area contributed by atoms with Crippen molar-refractivity contribution < 1.29 is 14.3 Å². The molecule has 4 nitrogen and oxygen atoms in total. The maximum atomic E-state index is 12.1. The minimum atomic E-state index is -0.400. The molecule has 1 amide bonds. The molecule has 2 saturated carbocycles. The van der Waals surface area contributed by atoms with E-state index in [1.165, 1.54) is 32.1 Å². The first-order valence-electron chi connectivity index (χ1n) is 8.49. The van der Waals surface area contributed by atoms with Crippen LogP contribution in [0.5, 0.6) is 0 Å². The largest absolute Gasteiger partial charge is 0.444 e. The predicted octanol–water partition coefficient (Wildman–Crippen LogP) is 3.74. The molecule has 3 aliphatic rings. The fourth-order valence-electron chi connectivity index (χ4n) is 3.69. The molecule has 0 bridgehead atoms. The van der Waals surface area contributed by atoms with E-state index in [0.29, 0.717) is 17.6 Å². The lowest BCUT2D eigenvalue weighted by Gasteiger charge is -2.39. The second-order valence-corrected chi connectivity index (χ2v) is 8.17. The van der Waals surface area contributed by atoms with Crippen molar-refractivity contribution >= 4 is 6.09 Å². The Kier molecular flexibility index (Phi) is 3.93. The van der Waals surface area contributed by atoms with E-state index in [9.17, 15) is 4.79 Å². The molecule has 1 saturated heterocycles. The van der Waals surface area contributed by atoms with Crippen molar-refractivity contribution in [3.63, 3.8) is 0 Å². The molecule has 3 rings (SSSR count). The van der Waals surface area contributed by atoms with Gasteiger partial charge in [0.25, 0.3) is 0 Å². The molecule has 3 fully saturated rings. The maximum absolute atomic E-state index is 12.1. The van der Waals surface area contributed by atoms with Gasteiger partial charge in [-0.1, -0.05) is 0 Å². The summed E-state index contributed by atoms with van der Waals surface area (Å²) in [5.41, 5.74) is 0.0286. The highest BCUT2D eigenvalue weighted by Gasteiger charge is 2.44. The van der Waals surface area contributed by atoms with Gasteiger partial charge in [-0.25, -0.2) is 4.79 Å². The van der Waals surface area contributed by atoms with E-state index in [2.05, 4.69) is 0 Å². The second kappa shape index (κ2) is 5.45. The third-order valence-electron chi connectivity index (χ3n) is 5.04. The predicted molar refractivity (Wildman–Crippen MR) is 81.2 cm³/mol. The third kappa shape index (κ3) is 3.91. The van der Waals surface area contributed by atoms with E-state index in [-0.39, 0.29) is 6.09 Å². The van der Waals surface area contributed by atoms with E-state index >= 15 is 0 Å². The Morgan fingerprint density at radius 1 is 1.05 bits per heavy atom. The summed E-state index contributed by atoms with van der Waals surface area (Å²) >= 11 is 0. The van der Waals surface area contributed by atoms with Gasteiger partial charge in [-0.3, -0.25) is 0 Å². The van der Waals surface area contributed by atoms with E-state index in [0.717, 1.165) is 25.9 Å². The van der Waals surface area contributed by atoms with Gasteiger partial charge in [-0.2, -0.15) is 0 Å². The minimum Gasteiger partial charge on any atom is -0.444 e. The Labute approximate surface area is 128 Å².